The summed E-state index contributed by atoms with van der Waals surface area (Å²) < 4.78 is 66.7. The predicted octanol–water partition coefficient (Wildman–Crippen LogP) is 3.42. The summed E-state index contributed by atoms with van der Waals surface area (Å²) in [4.78, 5) is 23.3. The molecule has 42 heavy (non-hydrogen) atoms. The smallest absolute Gasteiger partial charge is 0.324 e. The number of carbonyl (C=O) groups is 2. The van der Waals surface area contributed by atoms with Gasteiger partial charge in [-0.1, -0.05) is 36.4 Å². The quantitative estimate of drug-likeness (QED) is 0.241. The molecule has 220 valence electrons. The van der Waals surface area contributed by atoms with Crippen molar-refractivity contribution in [3.63, 3.8) is 0 Å². The average Bonchev–Trinajstić information content (AvgIpc) is 2.98. The van der Waals surface area contributed by atoms with Gasteiger partial charge in [0.1, 0.15) is 24.6 Å². The standard InChI is InChI=1S/C28H26N2O10S2/c1-39-19-7-5-9-21(15-19)41(35,36)29(17-27(31)32)25-13-14-26(24-12-4-3-11-23(24)25)30(18-28(33)34)42(37,38)22-10-6-8-20(16-22)40-2/h3-16H,17-18H2,1-2H3,(H,31,32)(H,33,34). The summed E-state index contributed by atoms with van der Waals surface area (Å²) in [5.74, 6) is -2.41. The molecule has 0 unspecified atom stereocenters. The number of carboxylic acids is 2. The van der Waals surface area contributed by atoms with Crippen molar-refractivity contribution >= 4 is 54.1 Å². The van der Waals surface area contributed by atoms with Crippen LogP contribution in [0.25, 0.3) is 10.8 Å². The van der Waals surface area contributed by atoms with E-state index in [2.05, 4.69) is 0 Å². The van der Waals surface area contributed by atoms with Crippen LogP contribution in [0, 0.1) is 0 Å². The molecular weight excluding hydrogens is 588 g/mol. The first-order valence-electron chi connectivity index (χ1n) is 12.2. The molecular formula is C28H26N2O10S2. The highest BCUT2D eigenvalue weighted by molar-refractivity contribution is 7.93. The van der Waals surface area contributed by atoms with E-state index in [1.54, 1.807) is 12.1 Å². The second-order valence-electron chi connectivity index (χ2n) is 8.82. The number of nitrogens with zero attached hydrogens (tertiary/aromatic N) is 2. The minimum Gasteiger partial charge on any atom is -0.497 e. The van der Waals surface area contributed by atoms with Crippen molar-refractivity contribution in [2.24, 2.45) is 0 Å². The molecule has 0 radical (unpaired) electrons. The van der Waals surface area contributed by atoms with Gasteiger partial charge in [0.25, 0.3) is 20.0 Å². The molecule has 0 spiro atoms. The summed E-state index contributed by atoms with van der Waals surface area (Å²) in [5.41, 5.74) is -0.123. The third-order valence-electron chi connectivity index (χ3n) is 6.23. The fourth-order valence-corrected chi connectivity index (χ4v) is 7.26. The Balaban J connectivity index is 1.95. The van der Waals surface area contributed by atoms with Crippen molar-refractivity contribution in [2.75, 3.05) is 35.9 Å². The van der Waals surface area contributed by atoms with Crippen LogP contribution in [0.4, 0.5) is 11.4 Å². The molecule has 4 rings (SSSR count). The van der Waals surface area contributed by atoms with Crippen LogP contribution in [-0.2, 0) is 29.6 Å². The monoisotopic (exact) mass is 614 g/mol. The third kappa shape index (κ3) is 5.94. The molecule has 0 aliphatic rings. The van der Waals surface area contributed by atoms with Crippen molar-refractivity contribution in [1.82, 2.24) is 0 Å². The maximum absolute atomic E-state index is 13.8. The Bertz CT molecular complexity index is 1740. The van der Waals surface area contributed by atoms with Gasteiger partial charge >= 0.3 is 11.9 Å². The predicted molar refractivity (Wildman–Crippen MR) is 154 cm³/mol. The zero-order valence-electron chi connectivity index (χ0n) is 22.4. The molecule has 0 aromatic heterocycles. The average molecular weight is 615 g/mol. The van der Waals surface area contributed by atoms with Crippen molar-refractivity contribution in [2.45, 2.75) is 9.79 Å². The van der Waals surface area contributed by atoms with Crippen molar-refractivity contribution < 1.29 is 46.1 Å². The number of benzene rings is 4. The molecule has 4 aromatic carbocycles. The van der Waals surface area contributed by atoms with Gasteiger partial charge in [0.2, 0.25) is 0 Å². The molecule has 0 aliphatic carbocycles. The summed E-state index contributed by atoms with van der Waals surface area (Å²) in [6.07, 6.45) is 0. The first kappa shape index (κ1) is 30.1. The summed E-state index contributed by atoms with van der Waals surface area (Å²) in [6, 6.07) is 19.6. The van der Waals surface area contributed by atoms with Gasteiger partial charge in [-0.2, -0.15) is 0 Å². The second kappa shape index (κ2) is 12.0. The molecule has 0 atom stereocenters. The van der Waals surface area contributed by atoms with E-state index < -0.39 is 45.1 Å². The number of sulfonamides is 2. The summed E-state index contributed by atoms with van der Waals surface area (Å²) in [6.45, 7) is -1.91. The van der Waals surface area contributed by atoms with E-state index in [-0.39, 0.29) is 43.4 Å². The normalized spacial score (nSPS) is 11.6. The molecule has 12 nitrogen and oxygen atoms in total. The summed E-state index contributed by atoms with van der Waals surface area (Å²) in [5, 5.41) is 19.6. The van der Waals surface area contributed by atoms with Gasteiger partial charge in [-0.25, -0.2) is 16.8 Å². The topological polar surface area (TPSA) is 168 Å². The lowest BCUT2D eigenvalue weighted by atomic mass is 10.1. The van der Waals surface area contributed by atoms with Gasteiger partial charge in [-0.15, -0.1) is 0 Å². The summed E-state index contributed by atoms with van der Waals surface area (Å²) >= 11 is 0. The molecule has 0 saturated carbocycles. The van der Waals surface area contributed by atoms with Crippen LogP contribution in [-0.4, -0.2) is 66.3 Å². The molecule has 0 bridgehead atoms. The maximum atomic E-state index is 13.8. The maximum Gasteiger partial charge on any atom is 0.324 e. The number of ether oxygens (including phenoxy) is 2. The minimum absolute atomic E-state index is 0.0615. The van der Waals surface area contributed by atoms with E-state index in [1.165, 1.54) is 87.0 Å². The Morgan fingerprint density at radius 2 is 1.00 bits per heavy atom. The first-order chi connectivity index (χ1) is 19.9. The first-order valence-corrected chi connectivity index (χ1v) is 15.1. The van der Waals surface area contributed by atoms with Crippen LogP contribution in [0.2, 0.25) is 0 Å². The van der Waals surface area contributed by atoms with Crippen molar-refractivity contribution in [1.29, 1.82) is 0 Å². The molecule has 14 heteroatoms. The lowest BCUT2D eigenvalue weighted by Crippen LogP contribution is -2.37. The highest BCUT2D eigenvalue weighted by Gasteiger charge is 2.32. The van der Waals surface area contributed by atoms with Crippen molar-refractivity contribution in [3.8, 4) is 11.5 Å². The number of aliphatic carboxylic acids is 2. The van der Waals surface area contributed by atoms with E-state index in [0.717, 1.165) is 0 Å². The van der Waals surface area contributed by atoms with Gasteiger partial charge in [-0.3, -0.25) is 18.2 Å². The van der Waals surface area contributed by atoms with Crippen LogP contribution in [0.1, 0.15) is 0 Å². The van der Waals surface area contributed by atoms with E-state index in [1.807, 2.05) is 0 Å². The minimum atomic E-state index is -4.47. The van der Waals surface area contributed by atoms with Crippen LogP contribution >= 0.6 is 0 Å². The second-order valence-corrected chi connectivity index (χ2v) is 12.5. The number of carboxylic acid groups (broad SMARTS) is 2. The van der Waals surface area contributed by atoms with E-state index >= 15 is 0 Å². The molecule has 0 saturated heterocycles. The van der Waals surface area contributed by atoms with Crippen LogP contribution in [0.15, 0.2) is 94.7 Å². The zero-order valence-corrected chi connectivity index (χ0v) is 24.0. The fourth-order valence-electron chi connectivity index (χ4n) is 4.32. The van der Waals surface area contributed by atoms with Gasteiger partial charge in [0.05, 0.1) is 35.4 Å². The molecule has 4 aromatic rings. The SMILES string of the molecule is COc1cccc(S(=O)(=O)N(CC(=O)O)c2ccc(N(CC(=O)O)S(=O)(=O)c3cccc(OC)c3)c3ccccc23)c1. The number of rotatable bonds is 12. The van der Waals surface area contributed by atoms with E-state index in [9.17, 15) is 36.6 Å². The number of methoxy groups -OCH3 is 2. The highest BCUT2D eigenvalue weighted by atomic mass is 32.2. The van der Waals surface area contributed by atoms with Gasteiger partial charge in [-0.05, 0) is 36.4 Å². The Labute approximate surface area is 242 Å². The van der Waals surface area contributed by atoms with Crippen LogP contribution in [0.5, 0.6) is 11.5 Å². The lowest BCUT2D eigenvalue weighted by molar-refractivity contribution is -0.136. The molecule has 0 amide bonds. The van der Waals surface area contributed by atoms with E-state index in [0.29, 0.717) is 8.61 Å². The summed E-state index contributed by atoms with van der Waals surface area (Å²) in [7, 11) is -6.23. The van der Waals surface area contributed by atoms with Crippen LogP contribution in [0.3, 0.4) is 0 Å². The highest BCUT2D eigenvalue weighted by Crippen LogP contribution is 2.39. The van der Waals surface area contributed by atoms with E-state index in [4.69, 9.17) is 9.47 Å². The third-order valence-corrected chi connectivity index (χ3v) is 9.74. The van der Waals surface area contributed by atoms with Gasteiger partial charge in [0, 0.05) is 22.9 Å². The Morgan fingerprint density at radius 1 is 0.619 bits per heavy atom. The van der Waals surface area contributed by atoms with Gasteiger partial charge in [0.15, 0.2) is 0 Å². The molecule has 0 fully saturated rings. The zero-order chi connectivity index (χ0) is 30.7. The Kier molecular flexibility index (Phi) is 8.59. The molecule has 2 N–H and O–H groups in total. The van der Waals surface area contributed by atoms with Crippen LogP contribution < -0.4 is 18.1 Å². The Morgan fingerprint density at radius 3 is 1.33 bits per heavy atom. The molecule has 0 heterocycles. The van der Waals surface area contributed by atoms with Gasteiger partial charge < -0.3 is 19.7 Å². The fraction of sp³-hybridized carbons (Fsp3) is 0.143. The number of hydrogen-bond acceptors (Lipinski definition) is 8. The Hall–Kier alpha value is -4.82. The lowest BCUT2D eigenvalue weighted by Gasteiger charge is -2.28. The van der Waals surface area contributed by atoms with Crippen molar-refractivity contribution in [3.05, 3.63) is 84.9 Å². The largest absolute Gasteiger partial charge is 0.497 e. The number of hydrogen-bond donors (Lipinski definition) is 2. The number of anilines is 2. The number of fused-ring (bicyclic) bond motifs is 1. The molecule has 0 aliphatic heterocycles.